The average Bonchev–Trinajstić information content (AvgIpc) is 2.98. The lowest BCUT2D eigenvalue weighted by molar-refractivity contribution is -0.146. The number of aliphatic carboxylic acids is 1. The summed E-state index contributed by atoms with van der Waals surface area (Å²) in [7, 11) is 0. The molecule has 1 aliphatic carbocycles. The largest absolute Gasteiger partial charge is 0.481 e. The number of nitrogens with one attached hydrogen (secondary N) is 1. The minimum Gasteiger partial charge on any atom is -0.481 e. The topological polar surface area (TPSA) is 79.3 Å². The summed E-state index contributed by atoms with van der Waals surface area (Å²) in [6.07, 6.45) is 0.896. The lowest BCUT2D eigenvalue weighted by Gasteiger charge is -2.29. The summed E-state index contributed by atoms with van der Waals surface area (Å²) >= 11 is 1.42. The summed E-state index contributed by atoms with van der Waals surface area (Å²) in [4.78, 5) is 30.2. The number of carbonyl (C=O) groups excluding carboxylic acids is 1. The SMILES string of the molecule is CC1=C(C)CC(C(=O)Nc2nc(-c3cc(C)ccc3C)c(C)s2)C(C(=O)O)C1. The van der Waals surface area contributed by atoms with Crippen molar-refractivity contribution in [3.05, 3.63) is 45.3 Å². The molecule has 0 radical (unpaired) electrons. The van der Waals surface area contributed by atoms with E-state index in [1.807, 2.05) is 34.6 Å². The molecule has 28 heavy (non-hydrogen) atoms. The molecule has 3 rings (SSSR count). The molecular formula is C22H26N2O3S. The summed E-state index contributed by atoms with van der Waals surface area (Å²) in [6, 6.07) is 6.23. The van der Waals surface area contributed by atoms with E-state index < -0.39 is 17.8 Å². The minimum absolute atomic E-state index is 0.263. The zero-order chi connectivity index (χ0) is 20.6. The van der Waals surface area contributed by atoms with E-state index in [4.69, 9.17) is 0 Å². The quantitative estimate of drug-likeness (QED) is 0.701. The lowest BCUT2D eigenvalue weighted by Crippen LogP contribution is -2.36. The Hall–Kier alpha value is -2.47. The molecule has 0 saturated carbocycles. The van der Waals surface area contributed by atoms with Crippen molar-refractivity contribution in [3.8, 4) is 11.3 Å². The molecule has 6 heteroatoms. The fourth-order valence-electron chi connectivity index (χ4n) is 3.72. The zero-order valence-corrected chi connectivity index (χ0v) is 17.7. The molecule has 2 aromatic rings. The van der Waals surface area contributed by atoms with Crippen LogP contribution in [0.5, 0.6) is 0 Å². The van der Waals surface area contributed by atoms with E-state index >= 15 is 0 Å². The number of thiazole rings is 1. The molecule has 0 spiro atoms. The van der Waals surface area contributed by atoms with Crippen LogP contribution in [0.25, 0.3) is 11.3 Å². The van der Waals surface area contributed by atoms with Crippen LogP contribution in [0, 0.1) is 32.6 Å². The number of anilines is 1. The number of carboxylic acid groups (broad SMARTS) is 1. The van der Waals surface area contributed by atoms with E-state index in [2.05, 4.69) is 28.5 Å². The summed E-state index contributed by atoms with van der Waals surface area (Å²) in [5.41, 5.74) is 6.38. The third kappa shape index (κ3) is 4.02. The van der Waals surface area contributed by atoms with Crippen LogP contribution < -0.4 is 5.32 Å². The Balaban J connectivity index is 1.85. The highest BCUT2D eigenvalue weighted by Crippen LogP contribution is 2.37. The van der Waals surface area contributed by atoms with Crippen LogP contribution in [-0.2, 0) is 9.59 Å². The van der Waals surface area contributed by atoms with Gasteiger partial charge in [0, 0.05) is 10.4 Å². The molecule has 0 saturated heterocycles. The number of nitrogens with zero attached hydrogens (tertiary/aromatic N) is 1. The Morgan fingerprint density at radius 2 is 1.71 bits per heavy atom. The second-order valence-corrected chi connectivity index (χ2v) is 8.95. The third-order valence-corrected chi connectivity index (χ3v) is 6.48. The predicted molar refractivity (Wildman–Crippen MR) is 113 cm³/mol. The Labute approximate surface area is 169 Å². The van der Waals surface area contributed by atoms with Gasteiger partial charge in [0.15, 0.2) is 5.13 Å². The molecule has 0 aliphatic heterocycles. The summed E-state index contributed by atoms with van der Waals surface area (Å²) in [6.45, 7) is 9.99. The van der Waals surface area contributed by atoms with Gasteiger partial charge < -0.3 is 10.4 Å². The zero-order valence-electron chi connectivity index (χ0n) is 16.9. The van der Waals surface area contributed by atoms with E-state index in [-0.39, 0.29) is 5.91 Å². The molecule has 1 aliphatic rings. The van der Waals surface area contributed by atoms with Gasteiger partial charge in [0.25, 0.3) is 0 Å². The first kappa shape index (κ1) is 20.3. The second kappa shape index (κ2) is 7.87. The highest BCUT2D eigenvalue weighted by atomic mass is 32.1. The first-order chi connectivity index (χ1) is 13.2. The number of aryl methyl sites for hydroxylation is 3. The van der Waals surface area contributed by atoms with Crippen LogP contribution in [-0.4, -0.2) is 22.0 Å². The van der Waals surface area contributed by atoms with Gasteiger partial charge in [-0.15, -0.1) is 11.3 Å². The molecule has 0 bridgehead atoms. The molecule has 2 N–H and O–H groups in total. The molecule has 1 aromatic heterocycles. The molecule has 5 nitrogen and oxygen atoms in total. The van der Waals surface area contributed by atoms with Gasteiger partial charge in [-0.2, -0.15) is 0 Å². The predicted octanol–water partition coefficient (Wildman–Crippen LogP) is 5.12. The summed E-state index contributed by atoms with van der Waals surface area (Å²) in [5, 5.41) is 13.0. The van der Waals surface area contributed by atoms with Gasteiger partial charge in [-0.1, -0.05) is 28.8 Å². The van der Waals surface area contributed by atoms with Crippen LogP contribution in [0.15, 0.2) is 29.3 Å². The lowest BCUT2D eigenvalue weighted by atomic mass is 9.76. The number of carbonyl (C=O) groups is 2. The molecule has 148 valence electrons. The minimum atomic E-state index is -0.918. The van der Waals surface area contributed by atoms with Crippen molar-refractivity contribution < 1.29 is 14.7 Å². The molecule has 1 heterocycles. The van der Waals surface area contributed by atoms with Gasteiger partial charge in [0.2, 0.25) is 5.91 Å². The van der Waals surface area contributed by atoms with Crippen molar-refractivity contribution in [1.82, 2.24) is 4.98 Å². The summed E-state index contributed by atoms with van der Waals surface area (Å²) < 4.78 is 0. The van der Waals surface area contributed by atoms with Gasteiger partial charge in [0.05, 0.1) is 17.5 Å². The van der Waals surface area contributed by atoms with Gasteiger partial charge >= 0.3 is 5.97 Å². The molecule has 2 unspecified atom stereocenters. The third-order valence-electron chi connectivity index (χ3n) is 5.60. The molecular weight excluding hydrogens is 372 g/mol. The van der Waals surface area contributed by atoms with Crippen molar-refractivity contribution in [1.29, 1.82) is 0 Å². The normalized spacial score (nSPS) is 19.6. The highest BCUT2D eigenvalue weighted by Gasteiger charge is 2.37. The number of benzene rings is 1. The molecule has 2 atom stereocenters. The van der Waals surface area contributed by atoms with Crippen LogP contribution in [0.3, 0.4) is 0 Å². The number of hydrogen-bond donors (Lipinski definition) is 2. The number of allylic oxidation sites excluding steroid dienone is 2. The number of hydrogen-bond acceptors (Lipinski definition) is 4. The number of amides is 1. The maximum absolute atomic E-state index is 12.9. The van der Waals surface area contributed by atoms with E-state index in [0.717, 1.165) is 38.4 Å². The Bertz CT molecular complexity index is 974. The fraction of sp³-hybridized carbons (Fsp3) is 0.409. The van der Waals surface area contributed by atoms with E-state index in [0.29, 0.717) is 18.0 Å². The van der Waals surface area contributed by atoms with Crippen LogP contribution >= 0.6 is 11.3 Å². The van der Waals surface area contributed by atoms with Gasteiger partial charge in [-0.05, 0) is 59.1 Å². The second-order valence-electron chi connectivity index (χ2n) is 7.75. The van der Waals surface area contributed by atoms with Crippen LogP contribution in [0.1, 0.15) is 42.7 Å². The maximum atomic E-state index is 12.9. The Morgan fingerprint density at radius 3 is 2.36 bits per heavy atom. The smallest absolute Gasteiger partial charge is 0.307 e. The van der Waals surface area contributed by atoms with Crippen LogP contribution in [0.4, 0.5) is 5.13 Å². The highest BCUT2D eigenvalue weighted by molar-refractivity contribution is 7.16. The van der Waals surface area contributed by atoms with E-state index in [9.17, 15) is 14.7 Å². The molecule has 0 fully saturated rings. The van der Waals surface area contributed by atoms with Crippen molar-refractivity contribution in [2.45, 2.75) is 47.5 Å². The standard InChI is InChI=1S/C22H26N2O3S/c1-11-6-7-12(2)16(8-11)19-15(5)28-22(23-19)24-20(25)17-9-13(3)14(4)10-18(17)21(26)27/h6-8,17-18H,9-10H2,1-5H3,(H,26,27)(H,23,24,25). The summed E-state index contributed by atoms with van der Waals surface area (Å²) in [5.74, 6) is -2.45. The first-order valence-electron chi connectivity index (χ1n) is 9.41. The molecule has 1 aromatic carbocycles. The van der Waals surface area contributed by atoms with Gasteiger partial charge in [-0.25, -0.2) is 4.98 Å². The van der Waals surface area contributed by atoms with E-state index in [1.54, 1.807) is 0 Å². The number of aromatic nitrogens is 1. The average molecular weight is 399 g/mol. The Kier molecular flexibility index (Phi) is 5.70. The fourth-order valence-corrected chi connectivity index (χ4v) is 4.55. The first-order valence-corrected chi connectivity index (χ1v) is 10.2. The van der Waals surface area contributed by atoms with Gasteiger partial charge in [0.1, 0.15) is 0 Å². The van der Waals surface area contributed by atoms with Crippen molar-refractivity contribution in [2.75, 3.05) is 5.32 Å². The van der Waals surface area contributed by atoms with Crippen molar-refractivity contribution in [3.63, 3.8) is 0 Å². The number of carboxylic acids is 1. The van der Waals surface area contributed by atoms with Crippen molar-refractivity contribution >= 4 is 28.3 Å². The van der Waals surface area contributed by atoms with Crippen LogP contribution in [0.2, 0.25) is 0 Å². The maximum Gasteiger partial charge on any atom is 0.307 e. The Morgan fingerprint density at radius 1 is 1.07 bits per heavy atom. The van der Waals surface area contributed by atoms with Crippen molar-refractivity contribution in [2.24, 2.45) is 11.8 Å². The monoisotopic (exact) mass is 398 g/mol. The number of rotatable bonds is 4. The van der Waals surface area contributed by atoms with Gasteiger partial charge in [-0.3, -0.25) is 9.59 Å². The van der Waals surface area contributed by atoms with E-state index in [1.165, 1.54) is 11.3 Å². The molecule has 1 amide bonds.